The molecule has 9 heteroatoms. The number of ether oxygens (including phenoxy) is 1. The summed E-state index contributed by atoms with van der Waals surface area (Å²) in [7, 11) is 1.49. The van der Waals surface area contributed by atoms with Crippen LogP contribution < -0.4 is 10.1 Å². The fourth-order valence-electron chi connectivity index (χ4n) is 3.85. The average molecular weight is 467 g/mol. The molecule has 2 heterocycles. The van der Waals surface area contributed by atoms with Crippen molar-refractivity contribution in [2.45, 2.75) is 13.8 Å². The monoisotopic (exact) mass is 467 g/mol. The van der Waals surface area contributed by atoms with Crippen molar-refractivity contribution in [3.63, 3.8) is 0 Å². The number of carbonyl (C=O) groups excluding carboxylic acids is 2. The lowest BCUT2D eigenvalue weighted by Gasteiger charge is -2.11. The zero-order valence-corrected chi connectivity index (χ0v) is 19.3. The van der Waals surface area contributed by atoms with Gasteiger partial charge in [-0.25, -0.2) is 4.68 Å². The Balaban J connectivity index is 1.48. The molecule has 1 N–H and O–H groups in total. The number of aromatic nitrogens is 4. The van der Waals surface area contributed by atoms with Crippen LogP contribution in [0.25, 0.3) is 27.9 Å². The van der Waals surface area contributed by atoms with Crippen molar-refractivity contribution >= 4 is 28.3 Å². The number of nitrogens with zero attached hydrogens (tertiary/aromatic N) is 4. The van der Waals surface area contributed by atoms with Crippen LogP contribution in [0.1, 0.15) is 33.5 Å². The highest BCUT2D eigenvalue weighted by molar-refractivity contribution is 6.05. The molecular weight excluding hydrogens is 446 g/mol. The molecular formula is C26H21N5O4. The van der Waals surface area contributed by atoms with Crippen molar-refractivity contribution in [3.8, 4) is 22.8 Å². The number of nitrogens with one attached hydrogen (secondary N) is 1. The van der Waals surface area contributed by atoms with Crippen LogP contribution in [0.2, 0.25) is 0 Å². The minimum absolute atomic E-state index is 0.121. The van der Waals surface area contributed by atoms with Crippen LogP contribution in [0.15, 0.2) is 71.3 Å². The van der Waals surface area contributed by atoms with Gasteiger partial charge in [-0.05, 0) is 50.2 Å². The first-order valence-electron chi connectivity index (χ1n) is 10.8. The van der Waals surface area contributed by atoms with Crippen molar-refractivity contribution in [1.29, 1.82) is 0 Å². The average Bonchev–Trinajstić information content (AvgIpc) is 3.47. The van der Waals surface area contributed by atoms with Crippen LogP contribution in [-0.2, 0) is 0 Å². The first kappa shape index (κ1) is 22.0. The third kappa shape index (κ3) is 4.04. The molecule has 3 aromatic carbocycles. The van der Waals surface area contributed by atoms with Crippen LogP contribution in [-0.4, -0.2) is 39.0 Å². The van der Waals surface area contributed by atoms with Crippen molar-refractivity contribution in [2.24, 2.45) is 0 Å². The van der Waals surface area contributed by atoms with Gasteiger partial charge < -0.3 is 14.6 Å². The molecule has 0 aliphatic carbocycles. The van der Waals surface area contributed by atoms with E-state index in [-0.39, 0.29) is 11.5 Å². The van der Waals surface area contributed by atoms with Gasteiger partial charge in [0, 0.05) is 11.1 Å². The molecule has 0 spiro atoms. The van der Waals surface area contributed by atoms with Gasteiger partial charge in [0.15, 0.2) is 17.2 Å². The number of methoxy groups -OCH3 is 1. The van der Waals surface area contributed by atoms with Gasteiger partial charge in [0.2, 0.25) is 0 Å². The third-order valence-electron chi connectivity index (χ3n) is 5.70. The SMILES string of the molecule is COc1ccc(C(C)=O)cc1NC(=O)c1nnn(-c2ccc3noc(-c4ccccc4)c3c2)c1C. The van der Waals surface area contributed by atoms with Crippen molar-refractivity contribution in [1.82, 2.24) is 20.2 Å². The molecule has 0 atom stereocenters. The standard InChI is InChI=1S/C26H21N5O4/c1-15-24(26(33)27-22-13-18(16(2)32)9-12-23(22)34-3)28-30-31(15)19-10-11-21-20(14-19)25(35-29-21)17-7-5-4-6-8-17/h4-14H,1-3H3,(H,27,33). The number of ketones is 1. The number of hydrogen-bond donors (Lipinski definition) is 1. The highest BCUT2D eigenvalue weighted by Crippen LogP contribution is 2.31. The first-order valence-corrected chi connectivity index (χ1v) is 10.8. The van der Waals surface area contributed by atoms with E-state index in [1.165, 1.54) is 14.0 Å². The maximum absolute atomic E-state index is 13.0. The van der Waals surface area contributed by atoms with Gasteiger partial charge in [0.1, 0.15) is 11.3 Å². The number of hydrogen-bond acceptors (Lipinski definition) is 7. The minimum atomic E-state index is -0.469. The van der Waals surface area contributed by atoms with Gasteiger partial charge in [-0.15, -0.1) is 5.10 Å². The lowest BCUT2D eigenvalue weighted by Crippen LogP contribution is -2.15. The van der Waals surface area contributed by atoms with Crippen LogP contribution in [0.3, 0.4) is 0 Å². The summed E-state index contributed by atoms with van der Waals surface area (Å²) in [6, 6.07) is 20.1. The summed E-state index contributed by atoms with van der Waals surface area (Å²) < 4.78 is 12.5. The highest BCUT2D eigenvalue weighted by atomic mass is 16.5. The molecule has 5 rings (SSSR count). The second-order valence-corrected chi connectivity index (χ2v) is 7.94. The fraction of sp³-hybridized carbons (Fsp3) is 0.115. The summed E-state index contributed by atoms with van der Waals surface area (Å²) in [6.45, 7) is 3.22. The van der Waals surface area contributed by atoms with Crippen molar-refractivity contribution in [2.75, 3.05) is 12.4 Å². The summed E-state index contributed by atoms with van der Waals surface area (Å²) in [5.74, 6) is 0.489. The third-order valence-corrected chi connectivity index (χ3v) is 5.70. The van der Waals surface area contributed by atoms with E-state index in [0.29, 0.717) is 39.7 Å². The Hall–Kier alpha value is -4.79. The first-order chi connectivity index (χ1) is 17.0. The lowest BCUT2D eigenvalue weighted by molar-refractivity contribution is 0.100. The molecule has 174 valence electrons. The van der Waals surface area contributed by atoms with E-state index in [2.05, 4.69) is 20.8 Å². The second kappa shape index (κ2) is 8.86. The largest absolute Gasteiger partial charge is 0.495 e. The molecule has 2 aromatic heterocycles. The summed E-state index contributed by atoms with van der Waals surface area (Å²) in [5.41, 5.74) is 3.84. The number of anilines is 1. The molecule has 0 radical (unpaired) electrons. The molecule has 9 nitrogen and oxygen atoms in total. The Morgan fingerprint density at radius 3 is 2.57 bits per heavy atom. The summed E-state index contributed by atoms with van der Waals surface area (Å²) in [5, 5.41) is 16.0. The molecule has 0 saturated heterocycles. The zero-order chi connectivity index (χ0) is 24.5. The minimum Gasteiger partial charge on any atom is -0.495 e. The molecule has 0 fully saturated rings. The molecule has 35 heavy (non-hydrogen) atoms. The van der Waals surface area contributed by atoms with Crippen molar-refractivity contribution < 1.29 is 18.8 Å². The predicted molar refractivity (Wildman–Crippen MR) is 130 cm³/mol. The smallest absolute Gasteiger partial charge is 0.278 e. The van der Waals surface area contributed by atoms with Gasteiger partial charge in [0.05, 0.1) is 29.6 Å². The number of Topliss-reactive ketones (excluding diaryl/α,β-unsaturated/α-hetero) is 1. The Morgan fingerprint density at radius 1 is 1.03 bits per heavy atom. The van der Waals surface area contributed by atoms with Crippen molar-refractivity contribution in [3.05, 3.63) is 83.7 Å². The quantitative estimate of drug-likeness (QED) is 0.355. The molecule has 0 aliphatic heterocycles. The number of carbonyl (C=O) groups is 2. The van der Waals surface area contributed by atoms with Gasteiger partial charge in [-0.2, -0.15) is 0 Å². The van der Waals surface area contributed by atoms with Crippen LogP contribution >= 0.6 is 0 Å². The van der Waals surface area contributed by atoms with Crippen LogP contribution in [0, 0.1) is 6.92 Å². The predicted octanol–water partition coefficient (Wildman–Crippen LogP) is 4.85. The number of benzene rings is 3. The topological polar surface area (TPSA) is 112 Å². The molecule has 5 aromatic rings. The molecule has 1 amide bonds. The maximum atomic E-state index is 13.0. The van der Waals surface area contributed by atoms with E-state index < -0.39 is 5.91 Å². The maximum Gasteiger partial charge on any atom is 0.278 e. The summed E-state index contributed by atoms with van der Waals surface area (Å²) in [4.78, 5) is 24.8. The van der Waals surface area contributed by atoms with Gasteiger partial charge >= 0.3 is 0 Å². The fourth-order valence-corrected chi connectivity index (χ4v) is 3.85. The van der Waals surface area contributed by atoms with E-state index in [0.717, 1.165) is 10.9 Å². The van der Waals surface area contributed by atoms with Crippen LogP contribution in [0.5, 0.6) is 5.75 Å². The van der Waals surface area contributed by atoms with E-state index in [9.17, 15) is 9.59 Å². The van der Waals surface area contributed by atoms with E-state index >= 15 is 0 Å². The number of fused-ring (bicyclic) bond motifs is 1. The number of rotatable bonds is 6. The molecule has 0 unspecified atom stereocenters. The van der Waals surface area contributed by atoms with Gasteiger partial charge in [-0.1, -0.05) is 40.7 Å². The summed E-state index contributed by atoms with van der Waals surface area (Å²) >= 11 is 0. The zero-order valence-electron chi connectivity index (χ0n) is 19.3. The highest BCUT2D eigenvalue weighted by Gasteiger charge is 2.20. The van der Waals surface area contributed by atoms with Gasteiger partial charge in [0.25, 0.3) is 5.91 Å². The Morgan fingerprint density at radius 2 is 1.83 bits per heavy atom. The Bertz CT molecular complexity index is 1570. The van der Waals surface area contributed by atoms with E-state index in [4.69, 9.17) is 9.26 Å². The molecule has 0 bridgehead atoms. The summed E-state index contributed by atoms with van der Waals surface area (Å²) in [6.07, 6.45) is 0. The normalized spacial score (nSPS) is 10.9. The number of amides is 1. The van der Waals surface area contributed by atoms with E-state index in [1.807, 2.05) is 48.5 Å². The molecule has 0 aliphatic rings. The Kier molecular flexibility index (Phi) is 5.58. The molecule has 0 saturated carbocycles. The second-order valence-electron chi connectivity index (χ2n) is 7.94. The van der Waals surface area contributed by atoms with E-state index in [1.54, 1.807) is 29.8 Å². The van der Waals surface area contributed by atoms with Gasteiger partial charge in [-0.3, -0.25) is 9.59 Å². The Labute approximate surface area is 200 Å². The lowest BCUT2D eigenvalue weighted by atomic mass is 10.1. The van der Waals surface area contributed by atoms with Crippen LogP contribution in [0.4, 0.5) is 5.69 Å².